The first kappa shape index (κ1) is 15.8. The number of carbonyl (C=O) groups is 2. The second kappa shape index (κ2) is 4.92. The van der Waals surface area contributed by atoms with E-state index in [1.54, 1.807) is 32.0 Å². The van der Waals surface area contributed by atoms with E-state index >= 15 is 0 Å². The molecule has 5 heteroatoms. The average Bonchev–Trinajstić information content (AvgIpc) is 2.51. The monoisotopic (exact) mass is 338 g/mol. The van der Waals surface area contributed by atoms with Crippen molar-refractivity contribution in [2.24, 2.45) is 0 Å². The molecule has 0 saturated heterocycles. The van der Waals surface area contributed by atoms with Gasteiger partial charge in [0, 0.05) is 6.42 Å². The third kappa shape index (κ3) is 1.99. The number of rotatable bonds is 0. The van der Waals surface area contributed by atoms with Crippen LogP contribution in [0.15, 0.2) is 35.4 Å². The van der Waals surface area contributed by atoms with E-state index in [1.165, 1.54) is 6.07 Å². The number of hydrogen-bond donors (Lipinski definition) is 3. The molecular weight excluding hydrogens is 320 g/mol. The van der Waals surface area contributed by atoms with Crippen molar-refractivity contribution < 1.29 is 24.9 Å². The Morgan fingerprint density at radius 3 is 2.56 bits per heavy atom. The number of ketones is 2. The summed E-state index contributed by atoms with van der Waals surface area (Å²) < 4.78 is 0. The number of carbonyl (C=O) groups excluding carboxylic acids is 2. The fourth-order valence-corrected chi connectivity index (χ4v) is 4.28. The van der Waals surface area contributed by atoms with Gasteiger partial charge in [-0.1, -0.05) is 17.7 Å². The highest BCUT2D eigenvalue weighted by molar-refractivity contribution is 6.13. The molecule has 0 bridgehead atoms. The van der Waals surface area contributed by atoms with E-state index in [-0.39, 0.29) is 41.1 Å². The van der Waals surface area contributed by atoms with E-state index in [1.807, 2.05) is 0 Å². The summed E-state index contributed by atoms with van der Waals surface area (Å²) in [4.78, 5) is 25.6. The summed E-state index contributed by atoms with van der Waals surface area (Å²) in [6, 6.07) is 6.37. The van der Waals surface area contributed by atoms with Gasteiger partial charge in [-0.25, -0.2) is 0 Å². The van der Waals surface area contributed by atoms with Crippen molar-refractivity contribution >= 4 is 22.3 Å². The Morgan fingerprint density at radius 2 is 1.84 bits per heavy atom. The molecule has 2 aromatic rings. The van der Waals surface area contributed by atoms with Crippen molar-refractivity contribution in [2.75, 3.05) is 0 Å². The number of Topliss-reactive ketones (excluding diaryl/α,β-unsaturated/α-hetero) is 2. The summed E-state index contributed by atoms with van der Waals surface area (Å²) in [7, 11) is 0. The van der Waals surface area contributed by atoms with Crippen LogP contribution in [0.1, 0.15) is 48.5 Å². The molecule has 0 radical (unpaired) electrons. The normalized spacial score (nSPS) is 26.0. The van der Waals surface area contributed by atoms with E-state index in [9.17, 15) is 24.9 Å². The molecule has 0 amide bonds. The number of fused-ring (bicyclic) bond motifs is 4. The van der Waals surface area contributed by atoms with Crippen LogP contribution >= 0.6 is 0 Å². The quantitative estimate of drug-likeness (QED) is 0.686. The first-order chi connectivity index (χ1) is 11.7. The number of hydrogen-bond acceptors (Lipinski definition) is 5. The molecule has 2 aliphatic rings. The Kier molecular flexibility index (Phi) is 3.12. The van der Waals surface area contributed by atoms with Crippen molar-refractivity contribution in [1.82, 2.24) is 0 Å². The first-order valence-electron chi connectivity index (χ1n) is 8.18. The number of allylic oxidation sites excluding steroid dienone is 1. The zero-order chi connectivity index (χ0) is 18.1. The van der Waals surface area contributed by atoms with E-state index < -0.39 is 17.3 Å². The lowest BCUT2D eigenvalue weighted by molar-refractivity contribution is -0.125. The largest absolute Gasteiger partial charge is 0.507 e. The molecule has 2 unspecified atom stereocenters. The van der Waals surface area contributed by atoms with Gasteiger partial charge in [-0.3, -0.25) is 9.59 Å². The van der Waals surface area contributed by atoms with Gasteiger partial charge in [0.05, 0.1) is 22.5 Å². The van der Waals surface area contributed by atoms with Crippen molar-refractivity contribution in [3.63, 3.8) is 0 Å². The van der Waals surface area contributed by atoms with Crippen molar-refractivity contribution in [1.29, 1.82) is 0 Å². The minimum absolute atomic E-state index is 0.0318. The van der Waals surface area contributed by atoms with Gasteiger partial charge in [-0.15, -0.1) is 0 Å². The lowest BCUT2D eigenvalue weighted by Crippen LogP contribution is -2.49. The summed E-state index contributed by atoms with van der Waals surface area (Å²) >= 11 is 0. The third-order valence-corrected chi connectivity index (χ3v) is 5.59. The lowest BCUT2D eigenvalue weighted by atomic mass is 9.62. The van der Waals surface area contributed by atoms with Crippen molar-refractivity contribution in [2.45, 2.75) is 38.2 Å². The molecule has 2 atom stereocenters. The molecule has 2 aromatic carbocycles. The molecule has 0 saturated carbocycles. The first-order valence-corrected chi connectivity index (χ1v) is 8.18. The van der Waals surface area contributed by atoms with Crippen LogP contribution in [0, 0.1) is 0 Å². The Hall–Kier alpha value is -2.66. The smallest absolute Gasteiger partial charge is 0.169 e. The van der Waals surface area contributed by atoms with Gasteiger partial charge in [0.2, 0.25) is 0 Å². The number of benzene rings is 2. The molecule has 4 rings (SSSR count). The van der Waals surface area contributed by atoms with Crippen LogP contribution in [0.5, 0.6) is 11.5 Å². The van der Waals surface area contributed by atoms with Crippen molar-refractivity contribution in [3.8, 4) is 11.5 Å². The standard InChI is InChI=1S/C20H18O5/c1-9-7-20(25)8-14(22)16-12(17(20)18(23)10(9)2)6-11-4-3-5-13(21)15(11)19(16)24/h3-6,17,21,24-25H,7-8H2,1-2H3. The third-order valence-electron chi connectivity index (χ3n) is 5.59. The average molecular weight is 338 g/mol. The molecule has 3 N–H and O–H groups in total. The zero-order valence-electron chi connectivity index (χ0n) is 14.0. The molecule has 0 spiro atoms. The van der Waals surface area contributed by atoms with Crippen molar-refractivity contribution in [3.05, 3.63) is 46.5 Å². The predicted molar refractivity (Wildman–Crippen MR) is 91.9 cm³/mol. The molecular formula is C20H18O5. The fraction of sp³-hybridized carbons (Fsp3) is 0.300. The van der Waals surface area contributed by atoms with Crippen LogP contribution in [-0.2, 0) is 4.79 Å². The highest BCUT2D eigenvalue weighted by Gasteiger charge is 2.52. The van der Waals surface area contributed by atoms with Gasteiger partial charge in [-0.05, 0) is 48.9 Å². The molecule has 0 aromatic heterocycles. The van der Waals surface area contributed by atoms with Crippen LogP contribution in [-0.4, -0.2) is 32.5 Å². The Bertz CT molecular complexity index is 1000. The van der Waals surface area contributed by atoms with Gasteiger partial charge in [0.25, 0.3) is 0 Å². The highest BCUT2D eigenvalue weighted by atomic mass is 16.3. The Morgan fingerprint density at radius 1 is 1.12 bits per heavy atom. The predicted octanol–water partition coefficient (Wildman–Crippen LogP) is 2.96. The SMILES string of the molecule is CC1=C(C)C(=O)C2c3cc4cccc(O)c4c(O)c3C(=O)CC2(O)C1. The lowest BCUT2D eigenvalue weighted by Gasteiger charge is -2.43. The molecule has 0 heterocycles. The van der Waals surface area contributed by atoms with E-state index in [2.05, 4.69) is 0 Å². The van der Waals surface area contributed by atoms with Crippen LogP contribution < -0.4 is 0 Å². The van der Waals surface area contributed by atoms with Gasteiger partial charge in [0.15, 0.2) is 11.6 Å². The number of phenols is 2. The summed E-state index contributed by atoms with van der Waals surface area (Å²) in [5.74, 6) is -1.99. The van der Waals surface area contributed by atoms with Crippen LogP contribution in [0.25, 0.3) is 10.8 Å². The number of phenolic OH excluding ortho intramolecular Hbond substituents is 2. The molecule has 5 nitrogen and oxygen atoms in total. The maximum Gasteiger partial charge on any atom is 0.169 e. The maximum atomic E-state index is 12.9. The summed E-state index contributed by atoms with van der Waals surface area (Å²) in [5, 5.41) is 32.5. The number of aliphatic hydroxyl groups is 1. The van der Waals surface area contributed by atoms with Crippen LogP contribution in [0.4, 0.5) is 0 Å². The van der Waals surface area contributed by atoms with E-state index in [4.69, 9.17) is 0 Å². The van der Waals surface area contributed by atoms with Crippen LogP contribution in [0.2, 0.25) is 0 Å². The second-order valence-electron chi connectivity index (χ2n) is 7.15. The van der Waals surface area contributed by atoms with Crippen LogP contribution in [0.3, 0.4) is 0 Å². The van der Waals surface area contributed by atoms with Gasteiger partial charge in [-0.2, -0.15) is 0 Å². The number of aromatic hydroxyl groups is 2. The molecule has 128 valence electrons. The molecule has 0 aliphatic heterocycles. The summed E-state index contributed by atoms with van der Waals surface area (Å²) in [5.41, 5.74) is 0.269. The van der Waals surface area contributed by atoms with E-state index in [0.29, 0.717) is 16.5 Å². The summed E-state index contributed by atoms with van der Waals surface area (Å²) in [6.45, 7) is 3.51. The van der Waals surface area contributed by atoms with E-state index in [0.717, 1.165) is 5.57 Å². The molecule has 0 fully saturated rings. The Labute approximate surface area is 144 Å². The van der Waals surface area contributed by atoms with Gasteiger partial charge < -0.3 is 15.3 Å². The fourth-order valence-electron chi connectivity index (χ4n) is 4.28. The minimum Gasteiger partial charge on any atom is -0.507 e. The van der Waals surface area contributed by atoms with Gasteiger partial charge in [0.1, 0.15) is 11.5 Å². The topological polar surface area (TPSA) is 94.8 Å². The summed E-state index contributed by atoms with van der Waals surface area (Å²) in [6.07, 6.45) is 0.0208. The molecule has 2 aliphatic carbocycles. The maximum absolute atomic E-state index is 12.9. The minimum atomic E-state index is -1.47. The second-order valence-corrected chi connectivity index (χ2v) is 7.15. The molecule has 25 heavy (non-hydrogen) atoms. The Balaban J connectivity index is 2.08. The highest BCUT2D eigenvalue weighted by Crippen LogP contribution is 2.51. The van der Waals surface area contributed by atoms with Gasteiger partial charge >= 0.3 is 0 Å². The zero-order valence-corrected chi connectivity index (χ0v) is 14.0.